The van der Waals surface area contributed by atoms with Crippen molar-refractivity contribution < 1.29 is 9.21 Å². The van der Waals surface area contributed by atoms with Crippen LogP contribution in [0, 0.1) is 11.3 Å². The van der Waals surface area contributed by atoms with Gasteiger partial charge in [-0.1, -0.05) is 46.3 Å². The van der Waals surface area contributed by atoms with E-state index in [9.17, 15) is 4.79 Å². The second kappa shape index (κ2) is 5.55. The summed E-state index contributed by atoms with van der Waals surface area (Å²) >= 11 is 3.41. The molecule has 21 heavy (non-hydrogen) atoms. The first kappa shape index (κ1) is 13.6. The van der Waals surface area contributed by atoms with E-state index in [0.717, 1.165) is 10.9 Å². The van der Waals surface area contributed by atoms with Crippen molar-refractivity contribution in [3.63, 3.8) is 0 Å². The van der Waals surface area contributed by atoms with E-state index in [1.807, 2.05) is 30.3 Å². The summed E-state index contributed by atoms with van der Waals surface area (Å²) in [6.07, 6.45) is 0. The lowest BCUT2D eigenvalue weighted by atomic mass is 10.0. The zero-order valence-electron chi connectivity index (χ0n) is 11.0. The molecule has 3 aromatic rings. The molecule has 0 N–H and O–H groups in total. The number of hydrogen-bond donors (Lipinski definition) is 0. The molecular formula is C17H10BrNO2. The Morgan fingerprint density at radius 3 is 2.76 bits per heavy atom. The predicted molar refractivity (Wildman–Crippen MR) is 83.4 cm³/mol. The molecule has 0 atom stereocenters. The topological polar surface area (TPSA) is 54.0 Å². The van der Waals surface area contributed by atoms with Gasteiger partial charge >= 0.3 is 0 Å². The third kappa shape index (κ3) is 2.37. The zero-order valence-corrected chi connectivity index (χ0v) is 12.6. The van der Waals surface area contributed by atoms with Crippen LogP contribution < -0.4 is 0 Å². The summed E-state index contributed by atoms with van der Waals surface area (Å²) in [5.41, 5.74) is 2.43. The van der Waals surface area contributed by atoms with E-state index >= 15 is 0 Å². The number of carbonyl (C=O) groups excluding carboxylic acids is 1. The van der Waals surface area contributed by atoms with Crippen LogP contribution in [0.2, 0.25) is 0 Å². The third-order valence-electron chi connectivity index (χ3n) is 3.29. The molecule has 0 saturated carbocycles. The Kier molecular flexibility index (Phi) is 3.59. The number of benzene rings is 2. The number of ketones is 1. The van der Waals surface area contributed by atoms with E-state index in [0.29, 0.717) is 27.8 Å². The van der Waals surface area contributed by atoms with E-state index in [4.69, 9.17) is 9.68 Å². The maximum Gasteiger partial charge on any atom is 0.228 e. The van der Waals surface area contributed by atoms with Gasteiger partial charge in [-0.3, -0.25) is 4.79 Å². The highest BCUT2D eigenvalue weighted by molar-refractivity contribution is 9.08. The second-order valence-electron chi connectivity index (χ2n) is 4.56. The maximum absolute atomic E-state index is 12.6. The fraction of sp³-hybridized carbons (Fsp3) is 0.0588. The number of hydrogen-bond acceptors (Lipinski definition) is 3. The van der Waals surface area contributed by atoms with E-state index in [1.165, 1.54) is 0 Å². The van der Waals surface area contributed by atoms with Gasteiger partial charge in [0.2, 0.25) is 5.78 Å². The SMILES string of the molecule is N#Cc1cccc(C(=O)c2oc3ccccc3c2CBr)c1. The largest absolute Gasteiger partial charge is 0.452 e. The molecule has 1 aromatic heterocycles. The highest BCUT2D eigenvalue weighted by atomic mass is 79.9. The molecule has 1 heterocycles. The fourth-order valence-corrected chi connectivity index (χ4v) is 2.83. The van der Waals surface area contributed by atoms with Crippen LogP contribution in [0.25, 0.3) is 11.0 Å². The van der Waals surface area contributed by atoms with Gasteiger partial charge in [0.1, 0.15) is 5.58 Å². The van der Waals surface area contributed by atoms with Gasteiger partial charge in [0.15, 0.2) is 5.76 Å². The molecule has 0 unspecified atom stereocenters. The summed E-state index contributed by atoms with van der Waals surface area (Å²) in [5.74, 6) is 0.112. The Labute approximate surface area is 129 Å². The van der Waals surface area contributed by atoms with E-state index in [-0.39, 0.29) is 5.78 Å². The van der Waals surface area contributed by atoms with Crippen LogP contribution in [0.3, 0.4) is 0 Å². The van der Waals surface area contributed by atoms with Crippen LogP contribution in [-0.2, 0) is 5.33 Å². The Morgan fingerprint density at radius 2 is 2.00 bits per heavy atom. The van der Waals surface area contributed by atoms with Crippen molar-refractivity contribution in [3.8, 4) is 6.07 Å². The lowest BCUT2D eigenvalue weighted by molar-refractivity contribution is 0.101. The number of fused-ring (bicyclic) bond motifs is 1. The number of carbonyl (C=O) groups is 1. The summed E-state index contributed by atoms with van der Waals surface area (Å²) in [6, 6.07) is 16.2. The molecule has 0 aliphatic heterocycles. The molecule has 0 aliphatic carbocycles. The molecular weight excluding hydrogens is 330 g/mol. The van der Waals surface area contributed by atoms with Crippen LogP contribution in [0.15, 0.2) is 52.9 Å². The first-order valence-corrected chi connectivity index (χ1v) is 7.48. The van der Waals surface area contributed by atoms with Crippen LogP contribution >= 0.6 is 15.9 Å². The van der Waals surface area contributed by atoms with Crippen LogP contribution in [-0.4, -0.2) is 5.78 Å². The van der Waals surface area contributed by atoms with Crippen LogP contribution in [0.5, 0.6) is 0 Å². The number of furan rings is 1. The van der Waals surface area contributed by atoms with Gasteiger partial charge in [-0.2, -0.15) is 5.26 Å². The lowest BCUT2D eigenvalue weighted by Gasteiger charge is -2.00. The third-order valence-corrected chi connectivity index (χ3v) is 3.85. The summed E-state index contributed by atoms with van der Waals surface area (Å²) in [5, 5.41) is 10.4. The molecule has 102 valence electrons. The minimum atomic E-state index is -0.210. The number of halogens is 1. The van der Waals surface area contributed by atoms with Gasteiger partial charge in [0.05, 0.1) is 11.6 Å². The van der Waals surface area contributed by atoms with Crippen molar-refractivity contribution in [3.05, 3.63) is 71.0 Å². The van der Waals surface area contributed by atoms with Gasteiger partial charge in [-0.05, 0) is 18.2 Å². The van der Waals surface area contributed by atoms with Gasteiger partial charge in [0.25, 0.3) is 0 Å². The van der Waals surface area contributed by atoms with Crippen LogP contribution in [0.4, 0.5) is 0 Å². The average molecular weight is 340 g/mol. The van der Waals surface area contributed by atoms with E-state index in [2.05, 4.69) is 15.9 Å². The van der Waals surface area contributed by atoms with Crippen molar-refractivity contribution in [1.29, 1.82) is 5.26 Å². The van der Waals surface area contributed by atoms with Crippen molar-refractivity contribution in [2.45, 2.75) is 5.33 Å². The molecule has 0 radical (unpaired) electrons. The standard InChI is InChI=1S/C17H10BrNO2/c18-9-14-13-6-1-2-7-15(13)21-17(14)16(20)12-5-3-4-11(8-12)10-19/h1-8H,9H2. The second-order valence-corrected chi connectivity index (χ2v) is 5.12. The average Bonchev–Trinajstić information content (AvgIpc) is 2.92. The Bertz CT molecular complexity index is 874. The Hall–Kier alpha value is -2.38. The summed E-state index contributed by atoms with van der Waals surface area (Å²) in [7, 11) is 0. The lowest BCUT2D eigenvalue weighted by Crippen LogP contribution is -2.02. The normalized spacial score (nSPS) is 10.5. The molecule has 4 heteroatoms. The molecule has 0 amide bonds. The minimum Gasteiger partial charge on any atom is -0.452 e. The number of nitrogens with zero attached hydrogens (tertiary/aromatic N) is 1. The summed E-state index contributed by atoms with van der Waals surface area (Å²) < 4.78 is 5.72. The van der Waals surface area contributed by atoms with E-state index < -0.39 is 0 Å². The van der Waals surface area contributed by atoms with Gasteiger partial charge in [-0.15, -0.1) is 0 Å². The van der Waals surface area contributed by atoms with Gasteiger partial charge < -0.3 is 4.42 Å². The maximum atomic E-state index is 12.6. The molecule has 0 spiro atoms. The first-order valence-electron chi connectivity index (χ1n) is 6.36. The number of alkyl halides is 1. The smallest absolute Gasteiger partial charge is 0.228 e. The molecule has 3 nitrogen and oxygen atoms in total. The zero-order chi connectivity index (χ0) is 14.8. The first-order chi connectivity index (χ1) is 10.2. The molecule has 2 aromatic carbocycles. The Balaban J connectivity index is 2.15. The molecule has 3 rings (SSSR count). The quantitative estimate of drug-likeness (QED) is 0.523. The van der Waals surface area contributed by atoms with Crippen molar-refractivity contribution in [1.82, 2.24) is 0 Å². The number of para-hydroxylation sites is 1. The molecule has 0 saturated heterocycles. The summed E-state index contributed by atoms with van der Waals surface area (Å²) in [4.78, 5) is 12.6. The van der Waals surface area contributed by atoms with Crippen molar-refractivity contribution >= 4 is 32.7 Å². The highest BCUT2D eigenvalue weighted by Crippen LogP contribution is 2.29. The minimum absolute atomic E-state index is 0.210. The Morgan fingerprint density at radius 1 is 1.19 bits per heavy atom. The molecule has 0 fully saturated rings. The molecule has 0 bridgehead atoms. The van der Waals surface area contributed by atoms with Crippen molar-refractivity contribution in [2.24, 2.45) is 0 Å². The number of rotatable bonds is 3. The van der Waals surface area contributed by atoms with Gasteiger partial charge in [-0.25, -0.2) is 0 Å². The molecule has 0 aliphatic rings. The van der Waals surface area contributed by atoms with Gasteiger partial charge in [0, 0.05) is 21.8 Å². The van der Waals surface area contributed by atoms with Crippen LogP contribution in [0.1, 0.15) is 27.2 Å². The highest BCUT2D eigenvalue weighted by Gasteiger charge is 2.21. The number of nitriles is 1. The fourth-order valence-electron chi connectivity index (χ4n) is 2.28. The van der Waals surface area contributed by atoms with Crippen molar-refractivity contribution in [2.75, 3.05) is 0 Å². The predicted octanol–water partition coefficient (Wildman–Crippen LogP) is 4.43. The summed E-state index contributed by atoms with van der Waals surface area (Å²) in [6.45, 7) is 0. The monoisotopic (exact) mass is 339 g/mol. The van der Waals surface area contributed by atoms with E-state index in [1.54, 1.807) is 24.3 Å².